The topological polar surface area (TPSA) is 72.1 Å². The van der Waals surface area contributed by atoms with Crippen LogP contribution < -0.4 is 5.73 Å². The van der Waals surface area contributed by atoms with E-state index in [1.165, 1.54) is 6.20 Å². The highest BCUT2D eigenvalue weighted by Crippen LogP contribution is 2.13. The molecule has 2 rings (SSSR count). The zero-order valence-electron chi connectivity index (χ0n) is 7.01. The van der Waals surface area contributed by atoms with Crippen LogP contribution in [0.4, 0.5) is 0 Å². The summed E-state index contributed by atoms with van der Waals surface area (Å²) in [4.78, 5) is 14.0. The number of aromatic nitrogens is 2. The van der Waals surface area contributed by atoms with E-state index in [4.69, 9.17) is 5.73 Å². The predicted molar refractivity (Wildman–Crippen MR) is 48.4 cm³/mol. The van der Waals surface area contributed by atoms with Gasteiger partial charge < -0.3 is 10.6 Å². The first-order valence-electron chi connectivity index (χ1n) is 4.09. The minimum absolute atomic E-state index is 0.00273. The van der Waals surface area contributed by atoms with Gasteiger partial charge >= 0.3 is 0 Å². The standard InChI is InChI=1S/C7H10N4OS/c8-5-1-2-11(4-5)7(12)6-3-9-10-13-6/h3,5H,1-2,4,8H2/t5-/m1/s1. The molecule has 1 fully saturated rings. The molecule has 0 aliphatic carbocycles. The molecule has 1 aliphatic rings. The Balaban J connectivity index is 2.06. The molecule has 2 N–H and O–H groups in total. The van der Waals surface area contributed by atoms with Gasteiger partial charge in [0.2, 0.25) is 0 Å². The van der Waals surface area contributed by atoms with Crippen molar-refractivity contribution in [2.24, 2.45) is 5.73 Å². The van der Waals surface area contributed by atoms with Crippen LogP contribution in [0.25, 0.3) is 0 Å². The van der Waals surface area contributed by atoms with E-state index >= 15 is 0 Å². The summed E-state index contributed by atoms with van der Waals surface area (Å²) in [6.07, 6.45) is 2.38. The van der Waals surface area contributed by atoms with Crippen molar-refractivity contribution in [3.8, 4) is 0 Å². The molecule has 2 heterocycles. The van der Waals surface area contributed by atoms with E-state index in [1.807, 2.05) is 0 Å². The molecule has 0 unspecified atom stereocenters. The SMILES string of the molecule is N[C@@H]1CCN(C(=O)c2cnns2)C1. The van der Waals surface area contributed by atoms with Gasteiger partial charge in [0.15, 0.2) is 0 Å². The van der Waals surface area contributed by atoms with E-state index in [1.54, 1.807) is 4.90 Å². The summed E-state index contributed by atoms with van der Waals surface area (Å²) in [5.41, 5.74) is 5.69. The van der Waals surface area contributed by atoms with Gasteiger partial charge in [-0.2, -0.15) is 0 Å². The Morgan fingerprint density at radius 3 is 3.15 bits per heavy atom. The second-order valence-electron chi connectivity index (χ2n) is 3.08. The van der Waals surface area contributed by atoms with Crippen molar-refractivity contribution in [2.75, 3.05) is 13.1 Å². The molecule has 13 heavy (non-hydrogen) atoms. The smallest absolute Gasteiger partial charge is 0.267 e. The fourth-order valence-electron chi connectivity index (χ4n) is 1.39. The van der Waals surface area contributed by atoms with Crippen LogP contribution in [-0.4, -0.2) is 39.5 Å². The maximum atomic E-state index is 11.7. The Bertz CT molecular complexity index is 299. The van der Waals surface area contributed by atoms with Gasteiger partial charge in [-0.1, -0.05) is 4.49 Å². The molecule has 70 valence electrons. The maximum Gasteiger partial charge on any atom is 0.267 e. The highest BCUT2D eigenvalue weighted by Gasteiger charge is 2.25. The molecule has 5 nitrogen and oxygen atoms in total. The quantitative estimate of drug-likeness (QED) is 0.673. The largest absolute Gasteiger partial charge is 0.336 e. The van der Waals surface area contributed by atoms with E-state index < -0.39 is 0 Å². The Labute approximate surface area is 79.7 Å². The van der Waals surface area contributed by atoms with Gasteiger partial charge in [-0.3, -0.25) is 4.79 Å². The normalized spacial score (nSPS) is 22.2. The Kier molecular flexibility index (Phi) is 2.24. The fraction of sp³-hybridized carbons (Fsp3) is 0.571. The summed E-state index contributed by atoms with van der Waals surface area (Å²) in [5.74, 6) is 0.00273. The number of nitrogens with zero attached hydrogens (tertiary/aromatic N) is 3. The van der Waals surface area contributed by atoms with Crippen molar-refractivity contribution in [1.82, 2.24) is 14.5 Å². The second-order valence-corrected chi connectivity index (χ2v) is 3.87. The number of carbonyl (C=O) groups is 1. The van der Waals surface area contributed by atoms with E-state index in [0.717, 1.165) is 24.5 Å². The maximum absolute atomic E-state index is 11.7. The van der Waals surface area contributed by atoms with Crippen LogP contribution in [0.15, 0.2) is 6.20 Å². The summed E-state index contributed by atoms with van der Waals surface area (Å²) in [6.45, 7) is 1.40. The number of hydrogen-bond donors (Lipinski definition) is 1. The number of likely N-dealkylation sites (tertiary alicyclic amines) is 1. The third kappa shape index (κ3) is 1.68. The van der Waals surface area contributed by atoms with Crippen molar-refractivity contribution in [3.05, 3.63) is 11.1 Å². The Hall–Kier alpha value is -1.01. The van der Waals surface area contributed by atoms with Gasteiger partial charge in [0, 0.05) is 19.1 Å². The van der Waals surface area contributed by atoms with Crippen LogP contribution in [0.5, 0.6) is 0 Å². The Morgan fingerprint density at radius 1 is 1.77 bits per heavy atom. The first kappa shape index (κ1) is 8.58. The highest BCUT2D eigenvalue weighted by molar-refractivity contribution is 7.07. The van der Waals surface area contributed by atoms with Crippen LogP contribution in [0, 0.1) is 0 Å². The lowest BCUT2D eigenvalue weighted by atomic mass is 10.3. The summed E-state index contributed by atoms with van der Waals surface area (Å²) < 4.78 is 3.65. The van der Waals surface area contributed by atoms with Crippen molar-refractivity contribution in [2.45, 2.75) is 12.5 Å². The van der Waals surface area contributed by atoms with Crippen molar-refractivity contribution in [1.29, 1.82) is 0 Å². The summed E-state index contributed by atoms with van der Waals surface area (Å²) in [7, 11) is 0. The van der Waals surface area contributed by atoms with Crippen LogP contribution >= 0.6 is 11.5 Å². The third-order valence-electron chi connectivity index (χ3n) is 2.08. The minimum atomic E-state index is 0.00273. The Morgan fingerprint density at radius 2 is 2.62 bits per heavy atom. The summed E-state index contributed by atoms with van der Waals surface area (Å²) >= 11 is 1.13. The summed E-state index contributed by atoms with van der Waals surface area (Å²) in [6, 6.07) is 0.129. The molecule has 1 atom stereocenters. The van der Waals surface area contributed by atoms with Gasteiger partial charge in [0.25, 0.3) is 5.91 Å². The number of amides is 1. The number of carbonyl (C=O) groups excluding carboxylic acids is 1. The van der Waals surface area contributed by atoms with E-state index in [-0.39, 0.29) is 11.9 Å². The van der Waals surface area contributed by atoms with E-state index in [9.17, 15) is 4.79 Å². The first-order valence-corrected chi connectivity index (χ1v) is 4.87. The zero-order valence-corrected chi connectivity index (χ0v) is 7.83. The lowest BCUT2D eigenvalue weighted by molar-refractivity contribution is 0.0795. The molecule has 1 saturated heterocycles. The molecule has 0 radical (unpaired) electrons. The number of hydrogen-bond acceptors (Lipinski definition) is 5. The van der Waals surface area contributed by atoms with Gasteiger partial charge in [0.1, 0.15) is 4.88 Å². The lowest BCUT2D eigenvalue weighted by Crippen LogP contribution is -2.31. The molecule has 1 aromatic heterocycles. The molecular weight excluding hydrogens is 188 g/mol. The van der Waals surface area contributed by atoms with Crippen LogP contribution in [0.1, 0.15) is 16.1 Å². The number of rotatable bonds is 1. The van der Waals surface area contributed by atoms with E-state index in [2.05, 4.69) is 9.59 Å². The van der Waals surface area contributed by atoms with Crippen molar-refractivity contribution in [3.63, 3.8) is 0 Å². The van der Waals surface area contributed by atoms with Crippen LogP contribution in [-0.2, 0) is 0 Å². The van der Waals surface area contributed by atoms with Gasteiger partial charge in [-0.25, -0.2) is 0 Å². The third-order valence-corrected chi connectivity index (χ3v) is 2.74. The molecule has 1 aromatic rings. The van der Waals surface area contributed by atoms with Gasteiger partial charge in [-0.15, -0.1) is 5.10 Å². The first-order chi connectivity index (χ1) is 6.27. The molecular formula is C7H10N4OS. The van der Waals surface area contributed by atoms with Crippen LogP contribution in [0.2, 0.25) is 0 Å². The van der Waals surface area contributed by atoms with E-state index in [0.29, 0.717) is 11.4 Å². The highest BCUT2D eigenvalue weighted by atomic mass is 32.1. The monoisotopic (exact) mass is 198 g/mol. The number of nitrogens with two attached hydrogens (primary N) is 1. The van der Waals surface area contributed by atoms with Gasteiger partial charge in [0.05, 0.1) is 6.20 Å². The van der Waals surface area contributed by atoms with Crippen LogP contribution in [0.3, 0.4) is 0 Å². The fourth-order valence-corrected chi connectivity index (χ4v) is 1.87. The van der Waals surface area contributed by atoms with Gasteiger partial charge in [-0.05, 0) is 18.0 Å². The molecule has 0 aromatic carbocycles. The average Bonchev–Trinajstić information content (AvgIpc) is 2.72. The zero-order chi connectivity index (χ0) is 9.26. The molecule has 0 spiro atoms. The van der Waals surface area contributed by atoms with Crippen molar-refractivity contribution >= 4 is 17.4 Å². The average molecular weight is 198 g/mol. The summed E-state index contributed by atoms with van der Waals surface area (Å²) in [5, 5.41) is 3.62. The predicted octanol–water partition coefficient (Wildman–Crippen LogP) is -0.289. The minimum Gasteiger partial charge on any atom is -0.336 e. The van der Waals surface area contributed by atoms with Crippen molar-refractivity contribution < 1.29 is 4.79 Å². The molecule has 1 aliphatic heterocycles. The molecule has 6 heteroatoms. The molecule has 1 amide bonds. The molecule has 0 bridgehead atoms. The lowest BCUT2D eigenvalue weighted by Gasteiger charge is -2.13. The molecule has 0 saturated carbocycles. The second kappa shape index (κ2) is 3.39.